The van der Waals surface area contributed by atoms with E-state index in [0.717, 1.165) is 10.2 Å². The molecule has 0 saturated carbocycles. The van der Waals surface area contributed by atoms with E-state index >= 15 is 0 Å². The molecule has 64 valence electrons. The Bertz CT molecular complexity index is 271. The van der Waals surface area contributed by atoms with Crippen molar-refractivity contribution in [2.45, 2.75) is 0 Å². The summed E-state index contributed by atoms with van der Waals surface area (Å²) >= 11 is 3.28. The van der Waals surface area contributed by atoms with Crippen LogP contribution in [-0.4, -0.2) is 17.6 Å². The molecule has 3 nitrogen and oxygen atoms in total. The summed E-state index contributed by atoms with van der Waals surface area (Å²) in [5.74, 6) is -0.863. The molecule has 0 amide bonds. The summed E-state index contributed by atoms with van der Waals surface area (Å²) in [6, 6.07) is 7.33. The highest BCUT2D eigenvalue weighted by Crippen LogP contribution is 2.13. The first kappa shape index (κ1) is 9.06. The minimum atomic E-state index is -0.863. The van der Waals surface area contributed by atoms with E-state index in [9.17, 15) is 4.79 Å². The Morgan fingerprint density at radius 3 is 2.50 bits per heavy atom. The van der Waals surface area contributed by atoms with E-state index in [1.54, 1.807) is 0 Å². The van der Waals surface area contributed by atoms with Gasteiger partial charge in [-0.2, -0.15) is 0 Å². The van der Waals surface area contributed by atoms with E-state index < -0.39 is 5.97 Å². The molecule has 0 fully saturated rings. The van der Waals surface area contributed by atoms with Gasteiger partial charge in [0.05, 0.1) is 0 Å². The third-order valence-corrected chi connectivity index (χ3v) is 1.82. The van der Waals surface area contributed by atoms with E-state index in [0.29, 0.717) is 0 Å². The number of halogens is 1. The maximum absolute atomic E-state index is 10.2. The number of carboxylic acid groups (broad SMARTS) is 1. The van der Waals surface area contributed by atoms with Crippen molar-refractivity contribution < 1.29 is 9.90 Å². The molecule has 0 spiro atoms. The number of hydrogen-bond donors (Lipinski definition) is 2. The fourth-order valence-corrected chi connectivity index (χ4v) is 1.01. The van der Waals surface area contributed by atoms with Gasteiger partial charge in [-0.3, -0.25) is 4.79 Å². The smallest absolute Gasteiger partial charge is 0.322 e. The topological polar surface area (TPSA) is 49.3 Å². The second-order valence-corrected chi connectivity index (χ2v) is 3.17. The van der Waals surface area contributed by atoms with Crippen molar-refractivity contribution in [3.63, 3.8) is 0 Å². The fraction of sp³-hybridized carbons (Fsp3) is 0.125. The monoisotopic (exact) mass is 229 g/mol. The van der Waals surface area contributed by atoms with Crippen molar-refractivity contribution in [1.29, 1.82) is 0 Å². The number of nitrogens with one attached hydrogen (secondary N) is 1. The van der Waals surface area contributed by atoms with Gasteiger partial charge in [0.25, 0.3) is 0 Å². The molecule has 2 N–H and O–H groups in total. The molecule has 0 saturated heterocycles. The third kappa shape index (κ3) is 2.92. The first-order valence-electron chi connectivity index (χ1n) is 3.40. The van der Waals surface area contributed by atoms with Crippen LogP contribution in [0, 0.1) is 0 Å². The van der Waals surface area contributed by atoms with E-state index in [4.69, 9.17) is 5.11 Å². The van der Waals surface area contributed by atoms with E-state index in [1.165, 1.54) is 0 Å². The van der Waals surface area contributed by atoms with Crippen LogP contribution in [0.3, 0.4) is 0 Å². The Kier molecular flexibility index (Phi) is 3.10. The molecule has 4 heteroatoms. The highest BCUT2D eigenvalue weighted by molar-refractivity contribution is 9.10. The van der Waals surface area contributed by atoms with Crippen molar-refractivity contribution in [2.24, 2.45) is 0 Å². The lowest BCUT2D eigenvalue weighted by atomic mass is 10.3. The molecule has 0 aliphatic heterocycles. The molecule has 0 aliphatic carbocycles. The summed E-state index contributed by atoms with van der Waals surface area (Å²) in [5, 5.41) is 11.1. The number of anilines is 1. The largest absolute Gasteiger partial charge is 0.480 e. The number of rotatable bonds is 3. The van der Waals surface area contributed by atoms with Crippen molar-refractivity contribution in [3.8, 4) is 0 Å². The van der Waals surface area contributed by atoms with Gasteiger partial charge in [-0.15, -0.1) is 0 Å². The highest BCUT2D eigenvalue weighted by atomic mass is 79.9. The summed E-state index contributed by atoms with van der Waals surface area (Å²) in [4.78, 5) is 10.2. The van der Waals surface area contributed by atoms with Gasteiger partial charge in [0.1, 0.15) is 6.54 Å². The Morgan fingerprint density at radius 2 is 2.00 bits per heavy atom. The molecule has 1 rings (SSSR count). The van der Waals surface area contributed by atoms with Gasteiger partial charge >= 0.3 is 5.97 Å². The zero-order valence-electron chi connectivity index (χ0n) is 6.25. The van der Waals surface area contributed by atoms with Gasteiger partial charge < -0.3 is 10.4 Å². The summed E-state index contributed by atoms with van der Waals surface area (Å²) in [6.45, 7) is -0.0539. The van der Waals surface area contributed by atoms with E-state index in [2.05, 4.69) is 21.2 Å². The normalized spacial score (nSPS) is 9.42. The van der Waals surface area contributed by atoms with Crippen molar-refractivity contribution in [2.75, 3.05) is 11.9 Å². The van der Waals surface area contributed by atoms with E-state index in [-0.39, 0.29) is 6.54 Å². The van der Waals surface area contributed by atoms with Crippen LogP contribution in [0.25, 0.3) is 0 Å². The first-order chi connectivity index (χ1) is 5.68. The van der Waals surface area contributed by atoms with Gasteiger partial charge in [0, 0.05) is 10.2 Å². The second-order valence-electron chi connectivity index (χ2n) is 2.25. The zero-order chi connectivity index (χ0) is 8.97. The summed E-state index contributed by atoms with van der Waals surface area (Å²) in [7, 11) is 0. The van der Waals surface area contributed by atoms with Gasteiger partial charge in [-0.1, -0.05) is 15.9 Å². The van der Waals surface area contributed by atoms with Crippen molar-refractivity contribution >= 4 is 27.6 Å². The van der Waals surface area contributed by atoms with Crippen LogP contribution in [0.5, 0.6) is 0 Å². The van der Waals surface area contributed by atoms with Crippen LogP contribution in [-0.2, 0) is 4.79 Å². The predicted octanol–water partition coefficient (Wildman–Crippen LogP) is 1.95. The van der Waals surface area contributed by atoms with Crippen molar-refractivity contribution in [3.05, 3.63) is 28.7 Å². The van der Waals surface area contributed by atoms with Crippen LogP contribution in [0.15, 0.2) is 28.7 Å². The second kappa shape index (κ2) is 4.11. The number of carbonyl (C=O) groups is 1. The van der Waals surface area contributed by atoms with Gasteiger partial charge in [0.2, 0.25) is 0 Å². The minimum absolute atomic E-state index is 0.0539. The Morgan fingerprint density at radius 1 is 1.42 bits per heavy atom. The molecule has 0 heterocycles. The maximum Gasteiger partial charge on any atom is 0.322 e. The molecule has 1 aromatic rings. The molecule has 0 atom stereocenters. The predicted molar refractivity (Wildman–Crippen MR) is 50.3 cm³/mol. The van der Waals surface area contributed by atoms with Crippen LogP contribution >= 0.6 is 15.9 Å². The summed E-state index contributed by atoms with van der Waals surface area (Å²) in [6.07, 6.45) is 0. The van der Waals surface area contributed by atoms with Crippen LogP contribution in [0.1, 0.15) is 0 Å². The fourth-order valence-electron chi connectivity index (χ4n) is 0.745. The molecule has 0 unspecified atom stereocenters. The number of hydrogen-bond acceptors (Lipinski definition) is 2. The molecule has 0 aromatic heterocycles. The molecule has 1 aromatic carbocycles. The number of benzene rings is 1. The lowest BCUT2D eigenvalue weighted by Gasteiger charge is -2.01. The maximum atomic E-state index is 10.2. The highest BCUT2D eigenvalue weighted by Gasteiger charge is 1.95. The summed E-state index contributed by atoms with van der Waals surface area (Å²) < 4.78 is 0.975. The molecule has 0 radical (unpaired) electrons. The lowest BCUT2D eigenvalue weighted by Crippen LogP contribution is -2.11. The third-order valence-electron chi connectivity index (χ3n) is 1.29. The Labute approximate surface area is 78.5 Å². The average Bonchev–Trinajstić information content (AvgIpc) is 2.03. The lowest BCUT2D eigenvalue weighted by molar-refractivity contribution is -0.134. The molecular formula is C8H8BrNO2. The molecule has 0 aliphatic rings. The van der Waals surface area contributed by atoms with Crippen LogP contribution in [0.4, 0.5) is 5.69 Å². The van der Waals surface area contributed by atoms with Crippen LogP contribution in [0.2, 0.25) is 0 Å². The molecule has 12 heavy (non-hydrogen) atoms. The first-order valence-corrected chi connectivity index (χ1v) is 4.19. The molecular weight excluding hydrogens is 222 g/mol. The van der Waals surface area contributed by atoms with Gasteiger partial charge in [0.15, 0.2) is 0 Å². The van der Waals surface area contributed by atoms with Gasteiger partial charge in [-0.05, 0) is 24.3 Å². The quantitative estimate of drug-likeness (QED) is 0.834. The van der Waals surface area contributed by atoms with Crippen LogP contribution < -0.4 is 5.32 Å². The zero-order valence-corrected chi connectivity index (χ0v) is 7.84. The van der Waals surface area contributed by atoms with Crippen molar-refractivity contribution in [1.82, 2.24) is 0 Å². The summed E-state index contributed by atoms with van der Waals surface area (Å²) in [5.41, 5.74) is 0.806. The SMILES string of the molecule is O=C(O)CNc1ccc(Br)cc1. The number of aliphatic carboxylic acids is 1. The molecule has 0 bridgehead atoms. The average molecular weight is 230 g/mol. The standard InChI is InChI=1S/C8H8BrNO2/c9-6-1-3-7(4-2-6)10-5-8(11)12/h1-4,10H,5H2,(H,11,12). The van der Waals surface area contributed by atoms with Gasteiger partial charge in [-0.25, -0.2) is 0 Å². The Hall–Kier alpha value is -1.03. The Balaban J connectivity index is 2.53. The van der Waals surface area contributed by atoms with E-state index in [1.807, 2.05) is 24.3 Å². The number of carboxylic acids is 1. The minimum Gasteiger partial charge on any atom is -0.480 e.